The number of likely N-dealkylation sites (tertiary alicyclic amines) is 1. The lowest BCUT2D eigenvalue weighted by Crippen LogP contribution is -2.45. The lowest BCUT2D eigenvalue weighted by atomic mass is 9.98. The number of benzene rings is 1. The third-order valence-electron chi connectivity index (χ3n) is 4.79. The van der Waals surface area contributed by atoms with Crippen molar-refractivity contribution in [2.24, 2.45) is 11.8 Å². The van der Waals surface area contributed by atoms with Gasteiger partial charge in [0.15, 0.2) is 0 Å². The Labute approximate surface area is 136 Å². The van der Waals surface area contributed by atoms with Gasteiger partial charge in [0.25, 0.3) is 0 Å². The van der Waals surface area contributed by atoms with Crippen molar-refractivity contribution in [1.29, 1.82) is 0 Å². The predicted octanol–water partition coefficient (Wildman–Crippen LogP) is 2.05. The van der Waals surface area contributed by atoms with E-state index in [9.17, 15) is 9.59 Å². The summed E-state index contributed by atoms with van der Waals surface area (Å²) in [6.07, 6.45) is 3.87. The van der Waals surface area contributed by atoms with Crippen LogP contribution < -0.4 is 5.32 Å². The molecule has 124 valence electrons. The number of carbonyl (C=O) groups excluding carboxylic acids is 1. The summed E-state index contributed by atoms with van der Waals surface area (Å²) in [4.78, 5) is 25.5. The summed E-state index contributed by atoms with van der Waals surface area (Å²) in [6, 6.07) is 10.2. The van der Waals surface area contributed by atoms with E-state index in [2.05, 4.69) is 17.4 Å². The molecule has 0 aromatic heterocycles. The van der Waals surface area contributed by atoms with Gasteiger partial charge in [0.2, 0.25) is 5.91 Å². The van der Waals surface area contributed by atoms with Gasteiger partial charge in [-0.15, -0.1) is 0 Å². The molecular weight excluding hydrogens is 292 g/mol. The van der Waals surface area contributed by atoms with Crippen molar-refractivity contribution in [3.05, 3.63) is 35.9 Å². The highest BCUT2D eigenvalue weighted by Crippen LogP contribution is 2.40. The molecule has 2 unspecified atom stereocenters. The Balaban J connectivity index is 1.56. The van der Waals surface area contributed by atoms with Crippen molar-refractivity contribution in [2.75, 3.05) is 19.6 Å². The summed E-state index contributed by atoms with van der Waals surface area (Å²) in [6.45, 7) is 1.57. The monoisotopic (exact) mass is 316 g/mol. The third-order valence-corrected chi connectivity index (χ3v) is 4.79. The molecule has 1 aliphatic carbocycles. The van der Waals surface area contributed by atoms with Gasteiger partial charge in [-0.25, -0.2) is 0 Å². The second-order valence-electron chi connectivity index (χ2n) is 6.71. The predicted molar refractivity (Wildman–Crippen MR) is 86.8 cm³/mol. The van der Waals surface area contributed by atoms with Gasteiger partial charge in [-0.05, 0) is 43.7 Å². The van der Waals surface area contributed by atoms with Crippen LogP contribution in [0.2, 0.25) is 0 Å². The molecule has 2 atom stereocenters. The molecule has 1 amide bonds. The van der Waals surface area contributed by atoms with Crippen LogP contribution in [-0.4, -0.2) is 41.5 Å². The van der Waals surface area contributed by atoms with Crippen LogP contribution in [0.15, 0.2) is 30.3 Å². The third kappa shape index (κ3) is 4.32. The van der Waals surface area contributed by atoms with E-state index in [0.717, 1.165) is 31.4 Å². The Morgan fingerprint density at radius 3 is 2.61 bits per heavy atom. The van der Waals surface area contributed by atoms with Crippen LogP contribution in [0.25, 0.3) is 0 Å². The van der Waals surface area contributed by atoms with Crippen LogP contribution in [0.3, 0.4) is 0 Å². The highest BCUT2D eigenvalue weighted by atomic mass is 16.4. The topological polar surface area (TPSA) is 69.6 Å². The molecule has 0 spiro atoms. The average Bonchev–Trinajstić information content (AvgIpc) is 3.38. The van der Waals surface area contributed by atoms with Crippen LogP contribution in [0.5, 0.6) is 0 Å². The number of piperidine rings is 1. The Morgan fingerprint density at radius 1 is 1.22 bits per heavy atom. The van der Waals surface area contributed by atoms with Crippen LogP contribution >= 0.6 is 0 Å². The standard InChI is InChI=1S/C18H24N2O3/c21-16(12-20-10-4-7-15(11-20)18(22)23)19-17(14-8-9-14)13-5-2-1-3-6-13/h1-3,5-6,14-15,17H,4,7-12H2,(H,19,21)(H,22,23). The van der Waals surface area contributed by atoms with E-state index in [1.807, 2.05) is 23.1 Å². The number of carboxylic acid groups (broad SMARTS) is 1. The normalized spacial score (nSPS) is 23.2. The molecule has 1 heterocycles. The molecule has 1 aromatic carbocycles. The molecule has 5 heteroatoms. The van der Waals surface area contributed by atoms with Gasteiger partial charge < -0.3 is 10.4 Å². The van der Waals surface area contributed by atoms with Crippen molar-refractivity contribution >= 4 is 11.9 Å². The smallest absolute Gasteiger partial charge is 0.307 e. The highest BCUT2D eigenvalue weighted by Gasteiger charge is 2.34. The fraction of sp³-hybridized carbons (Fsp3) is 0.556. The fourth-order valence-electron chi connectivity index (χ4n) is 3.39. The molecular formula is C18H24N2O3. The molecule has 0 radical (unpaired) electrons. The van der Waals surface area contributed by atoms with Gasteiger partial charge in [0.05, 0.1) is 18.5 Å². The van der Waals surface area contributed by atoms with E-state index in [1.165, 1.54) is 0 Å². The van der Waals surface area contributed by atoms with E-state index in [-0.39, 0.29) is 17.9 Å². The minimum absolute atomic E-state index is 0.00297. The van der Waals surface area contributed by atoms with Gasteiger partial charge in [0.1, 0.15) is 0 Å². The first-order valence-electron chi connectivity index (χ1n) is 8.43. The second-order valence-corrected chi connectivity index (χ2v) is 6.71. The molecule has 1 aromatic rings. The number of nitrogens with one attached hydrogen (secondary N) is 1. The molecule has 2 aliphatic rings. The number of hydrogen-bond acceptors (Lipinski definition) is 3. The zero-order valence-electron chi connectivity index (χ0n) is 13.3. The summed E-state index contributed by atoms with van der Waals surface area (Å²) in [5.41, 5.74) is 1.16. The molecule has 1 saturated carbocycles. The molecule has 1 aliphatic heterocycles. The first-order chi connectivity index (χ1) is 11.1. The van der Waals surface area contributed by atoms with E-state index < -0.39 is 5.97 Å². The van der Waals surface area contributed by atoms with E-state index in [4.69, 9.17) is 5.11 Å². The SMILES string of the molecule is O=C(CN1CCCC(C(=O)O)C1)NC(c1ccccc1)C1CC1. The summed E-state index contributed by atoms with van der Waals surface area (Å²) in [7, 11) is 0. The van der Waals surface area contributed by atoms with Crippen molar-refractivity contribution in [3.63, 3.8) is 0 Å². The zero-order valence-corrected chi connectivity index (χ0v) is 13.3. The van der Waals surface area contributed by atoms with Crippen LogP contribution in [0.4, 0.5) is 0 Å². The lowest BCUT2D eigenvalue weighted by molar-refractivity contribution is -0.144. The highest BCUT2D eigenvalue weighted by molar-refractivity contribution is 5.79. The number of aliphatic carboxylic acids is 1. The van der Waals surface area contributed by atoms with Gasteiger partial charge >= 0.3 is 5.97 Å². The van der Waals surface area contributed by atoms with E-state index in [0.29, 0.717) is 25.4 Å². The molecule has 0 bridgehead atoms. The first-order valence-corrected chi connectivity index (χ1v) is 8.43. The average molecular weight is 316 g/mol. The molecule has 1 saturated heterocycles. The summed E-state index contributed by atoms with van der Waals surface area (Å²) in [5, 5.41) is 12.3. The molecule has 2 fully saturated rings. The first kappa shape index (κ1) is 16.0. The van der Waals surface area contributed by atoms with E-state index in [1.54, 1.807) is 0 Å². The summed E-state index contributed by atoms with van der Waals surface area (Å²) in [5.74, 6) is -0.564. The fourth-order valence-corrected chi connectivity index (χ4v) is 3.39. The van der Waals surface area contributed by atoms with Crippen LogP contribution in [0.1, 0.15) is 37.3 Å². The Morgan fingerprint density at radius 2 is 1.96 bits per heavy atom. The quantitative estimate of drug-likeness (QED) is 0.843. The number of rotatable bonds is 6. The number of carbonyl (C=O) groups is 2. The van der Waals surface area contributed by atoms with Gasteiger partial charge in [0, 0.05) is 6.54 Å². The maximum absolute atomic E-state index is 12.4. The molecule has 3 rings (SSSR count). The molecule has 23 heavy (non-hydrogen) atoms. The minimum Gasteiger partial charge on any atom is -0.481 e. The van der Waals surface area contributed by atoms with Crippen LogP contribution in [-0.2, 0) is 9.59 Å². The van der Waals surface area contributed by atoms with Gasteiger partial charge in [-0.3, -0.25) is 14.5 Å². The summed E-state index contributed by atoms with van der Waals surface area (Å²) < 4.78 is 0. The van der Waals surface area contributed by atoms with Gasteiger partial charge in [-0.2, -0.15) is 0 Å². The van der Waals surface area contributed by atoms with Crippen molar-refractivity contribution in [2.45, 2.75) is 31.7 Å². The number of hydrogen-bond donors (Lipinski definition) is 2. The number of carboxylic acids is 1. The zero-order chi connectivity index (χ0) is 16.2. The second kappa shape index (κ2) is 7.13. The largest absolute Gasteiger partial charge is 0.481 e. The van der Waals surface area contributed by atoms with Crippen molar-refractivity contribution in [3.8, 4) is 0 Å². The Hall–Kier alpha value is -1.88. The van der Waals surface area contributed by atoms with Crippen molar-refractivity contribution in [1.82, 2.24) is 10.2 Å². The molecule has 5 nitrogen and oxygen atoms in total. The maximum Gasteiger partial charge on any atom is 0.307 e. The minimum atomic E-state index is -0.754. The number of amides is 1. The Bertz CT molecular complexity index is 557. The van der Waals surface area contributed by atoms with Crippen molar-refractivity contribution < 1.29 is 14.7 Å². The number of nitrogens with zero attached hydrogens (tertiary/aromatic N) is 1. The summed E-state index contributed by atoms with van der Waals surface area (Å²) >= 11 is 0. The maximum atomic E-state index is 12.4. The Kier molecular flexibility index (Phi) is 4.96. The van der Waals surface area contributed by atoms with E-state index >= 15 is 0 Å². The van der Waals surface area contributed by atoms with Crippen LogP contribution in [0, 0.1) is 11.8 Å². The molecule has 2 N–H and O–H groups in total. The lowest BCUT2D eigenvalue weighted by Gasteiger charge is -2.30. The van der Waals surface area contributed by atoms with Gasteiger partial charge in [-0.1, -0.05) is 30.3 Å².